The van der Waals surface area contributed by atoms with Gasteiger partial charge in [-0.2, -0.15) is 0 Å². The Bertz CT molecular complexity index is 1130. The minimum atomic E-state index is -0.598. The number of hydrogen-bond donors (Lipinski definition) is 1. The number of carbonyl (C=O) groups is 3. The van der Waals surface area contributed by atoms with Gasteiger partial charge in [-0.25, -0.2) is 0 Å². The van der Waals surface area contributed by atoms with E-state index in [4.69, 9.17) is 4.74 Å². The van der Waals surface area contributed by atoms with Crippen molar-refractivity contribution < 1.29 is 19.1 Å². The SMILES string of the molecule is O=C1CCC(N2Cc3cc(O[C@@H]4CCC[C@@H]4N4CC(c5ccccn5)C4)ccc3C2=O)C(=O)N1. The van der Waals surface area contributed by atoms with Crippen LogP contribution in [0.25, 0.3) is 0 Å². The number of aromatic nitrogens is 1. The minimum Gasteiger partial charge on any atom is -0.489 e. The van der Waals surface area contributed by atoms with Crippen LogP contribution in [0.15, 0.2) is 42.6 Å². The lowest BCUT2D eigenvalue weighted by Crippen LogP contribution is -2.54. The van der Waals surface area contributed by atoms with Gasteiger partial charge in [-0.05, 0) is 61.6 Å². The van der Waals surface area contributed by atoms with Crippen LogP contribution < -0.4 is 10.1 Å². The fourth-order valence-corrected chi connectivity index (χ4v) is 5.85. The maximum atomic E-state index is 12.9. The van der Waals surface area contributed by atoms with E-state index in [-0.39, 0.29) is 30.2 Å². The number of amides is 3. The maximum Gasteiger partial charge on any atom is 0.255 e. The van der Waals surface area contributed by atoms with E-state index in [0.29, 0.717) is 30.5 Å². The number of likely N-dealkylation sites (tertiary alicyclic amines) is 1. The lowest BCUT2D eigenvalue weighted by atomic mass is 9.93. The molecule has 8 heteroatoms. The molecule has 1 saturated carbocycles. The molecule has 1 unspecified atom stereocenters. The molecule has 1 aromatic carbocycles. The van der Waals surface area contributed by atoms with Crippen molar-refractivity contribution in [1.82, 2.24) is 20.1 Å². The molecule has 176 valence electrons. The van der Waals surface area contributed by atoms with Crippen molar-refractivity contribution in [2.24, 2.45) is 0 Å². The second kappa shape index (κ2) is 8.51. The van der Waals surface area contributed by atoms with Gasteiger partial charge in [-0.1, -0.05) is 6.07 Å². The Morgan fingerprint density at radius 2 is 1.91 bits per heavy atom. The van der Waals surface area contributed by atoms with Crippen molar-refractivity contribution in [3.63, 3.8) is 0 Å². The van der Waals surface area contributed by atoms with Crippen LogP contribution in [0.5, 0.6) is 5.75 Å². The van der Waals surface area contributed by atoms with E-state index in [1.165, 1.54) is 0 Å². The predicted octanol–water partition coefficient (Wildman–Crippen LogP) is 2.24. The highest BCUT2D eigenvalue weighted by molar-refractivity contribution is 6.05. The minimum absolute atomic E-state index is 0.131. The summed E-state index contributed by atoms with van der Waals surface area (Å²) < 4.78 is 6.45. The molecule has 1 aromatic heterocycles. The summed E-state index contributed by atoms with van der Waals surface area (Å²) in [5.41, 5.74) is 2.65. The average molecular weight is 461 g/mol. The number of rotatable bonds is 5. The summed E-state index contributed by atoms with van der Waals surface area (Å²) in [5, 5.41) is 2.35. The van der Waals surface area contributed by atoms with Gasteiger partial charge in [0.15, 0.2) is 0 Å². The first-order valence-corrected chi connectivity index (χ1v) is 12.2. The first-order valence-electron chi connectivity index (χ1n) is 12.2. The van der Waals surface area contributed by atoms with Crippen molar-refractivity contribution in [3.8, 4) is 5.75 Å². The molecule has 34 heavy (non-hydrogen) atoms. The quantitative estimate of drug-likeness (QED) is 0.688. The molecule has 4 aliphatic rings. The standard InChI is InChI=1S/C26H28N4O4/c31-24-10-9-22(25(32)28-24)30-15-16-12-18(7-8-19(16)26(30)33)34-23-6-3-5-21(23)29-13-17(14-29)20-4-1-2-11-27-20/h1-2,4,7-8,11-12,17,21-23H,3,5-6,9-10,13-15H2,(H,28,31,32)/t21-,22?,23+/m0/s1. The van der Waals surface area contributed by atoms with Crippen LogP contribution in [0.3, 0.4) is 0 Å². The number of piperidine rings is 1. The Morgan fingerprint density at radius 1 is 1.03 bits per heavy atom. The maximum absolute atomic E-state index is 12.9. The molecule has 3 atom stereocenters. The second-order valence-corrected chi connectivity index (χ2v) is 9.78. The normalized spacial score (nSPS) is 27.5. The molecule has 3 amide bonds. The molecule has 2 saturated heterocycles. The molecule has 8 nitrogen and oxygen atoms in total. The average Bonchev–Trinajstić information content (AvgIpc) is 3.38. The summed E-state index contributed by atoms with van der Waals surface area (Å²) in [7, 11) is 0. The van der Waals surface area contributed by atoms with Crippen LogP contribution in [-0.4, -0.2) is 63.8 Å². The third-order valence-corrected chi connectivity index (χ3v) is 7.68. The zero-order valence-electron chi connectivity index (χ0n) is 19.0. The van der Waals surface area contributed by atoms with Crippen LogP contribution in [-0.2, 0) is 16.1 Å². The first kappa shape index (κ1) is 21.3. The number of ether oxygens (including phenoxy) is 1. The number of hydrogen-bond acceptors (Lipinski definition) is 6. The molecule has 1 aliphatic carbocycles. The topological polar surface area (TPSA) is 91.8 Å². The van der Waals surface area contributed by atoms with Crippen LogP contribution in [0, 0.1) is 0 Å². The molecule has 6 rings (SSSR count). The highest BCUT2D eigenvalue weighted by Crippen LogP contribution is 2.37. The highest BCUT2D eigenvalue weighted by Gasteiger charge is 2.42. The number of pyridine rings is 1. The van der Waals surface area contributed by atoms with E-state index < -0.39 is 6.04 Å². The number of benzene rings is 1. The Balaban J connectivity index is 1.11. The van der Waals surface area contributed by atoms with Gasteiger partial charge in [0.1, 0.15) is 17.9 Å². The van der Waals surface area contributed by atoms with Gasteiger partial charge >= 0.3 is 0 Å². The lowest BCUT2D eigenvalue weighted by molar-refractivity contribution is -0.136. The van der Waals surface area contributed by atoms with Crippen molar-refractivity contribution >= 4 is 17.7 Å². The Kier molecular flexibility index (Phi) is 5.32. The summed E-state index contributed by atoms with van der Waals surface area (Å²) in [6.45, 7) is 2.39. The molecule has 4 heterocycles. The molecular formula is C26H28N4O4. The van der Waals surface area contributed by atoms with E-state index in [9.17, 15) is 14.4 Å². The van der Waals surface area contributed by atoms with E-state index in [1.807, 2.05) is 36.5 Å². The third-order valence-electron chi connectivity index (χ3n) is 7.68. The largest absolute Gasteiger partial charge is 0.489 e. The smallest absolute Gasteiger partial charge is 0.255 e. The zero-order chi connectivity index (χ0) is 23.2. The van der Waals surface area contributed by atoms with Crippen LogP contribution in [0.1, 0.15) is 59.6 Å². The van der Waals surface area contributed by atoms with Crippen molar-refractivity contribution in [2.45, 2.75) is 62.8 Å². The zero-order valence-corrected chi connectivity index (χ0v) is 19.0. The monoisotopic (exact) mass is 460 g/mol. The summed E-state index contributed by atoms with van der Waals surface area (Å²) in [5.74, 6) is 0.444. The van der Waals surface area contributed by atoms with Crippen LogP contribution >= 0.6 is 0 Å². The van der Waals surface area contributed by atoms with E-state index >= 15 is 0 Å². The third kappa shape index (κ3) is 3.76. The van der Waals surface area contributed by atoms with Crippen LogP contribution in [0.4, 0.5) is 0 Å². The summed E-state index contributed by atoms with van der Waals surface area (Å²) in [6.07, 6.45) is 5.91. The Labute approximate surface area is 198 Å². The van der Waals surface area contributed by atoms with Gasteiger partial charge in [0.25, 0.3) is 5.91 Å². The van der Waals surface area contributed by atoms with E-state index in [1.54, 1.807) is 4.90 Å². The van der Waals surface area contributed by atoms with Gasteiger partial charge in [-0.3, -0.25) is 29.6 Å². The van der Waals surface area contributed by atoms with Gasteiger partial charge in [0.05, 0.1) is 0 Å². The number of nitrogens with one attached hydrogen (secondary N) is 1. The van der Waals surface area contributed by atoms with Crippen molar-refractivity contribution in [1.29, 1.82) is 0 Å². The molecular weight excluding hydrogens is 432 g/mol. The number of nitrogens with zero attached hydrogens (tertiary/aromatic N) is 3. The molecule has 2 aromatic rings. The fourth-order valence-electron chi connectivity index (χ4n) is 5.85. The molecule has 0 spiro atoms. The summed E-state index contributed by atoms with van der Waals surface area (Å²) in [4.78, 5) is 45.3. The predicted molar refractivity (Wildman–Crippen MR) is 123 cm³/mol. The van der Waals surface area contributed by atoms with Gasteiger partial charge in [0.2, 0.25) is 11.8 Å². The van der Waals surface area contributed by atoms with Gasteiger partial charge < -0.3 is 9.64 Å². The highest BCUT2D eigenvalue weighted by atomic mass is 16.5. The molecule has 0 radical (unpaired) electrons. The van der Waals surface area contributed by atoms with E-state index in [0.717, 1.165) is 49.4 Å². The summed E-state index contributed by atoms with van der Waals surface area (Å²) in [6, 6.07) is 11.5. The molecule has 1 N–H and O–H groups in total. The molecule has 3 fully saturated rings. The lowest BCUT2D eigenvalue weighted by Gasteiger charge is -2.44. The number of fused-ring (bicyclic) bond motifs is 1. The number of imide groups is 1. The fraction of sp³-hybridized carbons (Fsp3) is 0.462. The van der Waals surface area contributed by atoms with Crippen molar-refractivity contribution in [3.05, 3.63) is 59.4 Å². The van der Waals surface area contributed by atoms with E-state index in [2.05, 4.69) is 21.3 Å². The number of carbonyl (C=O) groups excluding carboxylic acids is 3. The van der Waals surface area contributed by atoms with Crippen LogP contribution in [0.2, 0.25) is 0 Å². The Morgan fingerprint density at radius 3 is 2.71 bits per heavy atom. The Hall–Kier alpha value is -3.26. The second-order valence-electron chi connectivity index (χ2n) is 9.78. The van der Waals surface area contributed by atoms with Gasteiger partial charge in [0, 0.05) is 55.5 Å². The molecule has 3 aliphatic heterocycles. The summed E-state index contributed by atoms with van der Waals surface area (Å²) >= 11 is 0. The first-order chi connectivity index (χ1) is 16.6. The molecule has 0 bridgehead atoms. The van der Waals surface area contributed by atoms with Crippen molar-refractivity contribution in [2.75, 3.05) is 13.1 Å². The van der Waals surface area contributed by atoms with Gasteiger partial charge in [-0.15, -0.1) is 0 Å².